The fourth-order valence-electron chi connectivity index (χ4n) is 2.07. The molecule has 0 spiro atoms. The molecule has 1 atom stereocenters. The fraction of sp³-hybridized carbons (Fsp3) is 0.500. The third-order valence-corrected chi connectivity index (χ3v) is 4.37. The van der Waals surface area contributed by atoms with E-state index < -0.39 is 0 Å². The number of rotatable bonds is 5. The lowest BCUT2D eigenvalue weighted by molar-refractivity contribution is 0.0917. The van der Waals surface area contributed by atoms with E-state index in [1.807, 2.05) is 7.05 Å². The van der Waals surface area contributed by atoms with Gasteiger partial charge in [-0.05, 0) is 50.9 Å². The Hall–Kier alpha value is -0.570. The van der Waals surface area contributed by atoms with Gasteiger partial charge in [0.05, 0.1) is 16.6 Å². The second kappa shape index (κ2) is 5.60. The molecule has 0 heterocycles. The molecule has 1 unspecified atom stereocenters. The second-order valence-electron chi connectivity index (χ2n) is 5.05. The van der Waals surface area contributed by atoms with E-state index in [9.17, 15) is 4.79 Å². The van der Waals surface area contributed by atoms with Crippen LogP contribution in [0, 0.1) is 5.92 Å². The highest BCUT2D eigenvalue weighted by atomic mass is 35.5. The van der Waals surface area contributed by atoms with Crippen molar-refractivity contribution in [1.29, 1.82) is 0 Å². The van der Waals surface area contributed by atoms with Gasteiger partial charge in [0.1, 0.15) is 0 Å². The number of hydrogen-bond acceptors (Lipinski definition) is 2. The van der Waals surface area contributed by atoms with Crippen LogP contribution >= 0.6 is 23.2 Å². The summed E-state index contributed by atoms with van der Waals surface area (Å²) in [5, 5.41) is 0.910. The molecule has 0 bridgehead atoms. The molecule has 0 aromatic heterocycles. The molecule has 98 valence electrons. The molecule has 0 N–H and O–H groups in total. The normalized spacial score (nSPS) is 16.9. The summed E-state index contributed by atoms with van der Waals surface area (Å²) in [5.74, 6) is 0.847. The summed E-state index contributed by atoms with van der Waals surface area (Å²) in [7, 11) is 2.00. The van der Waals surface area contributed by atoms with Crippen molar-refractivity contribution in [3.63, 3.8) is 0 Å². The largest absolute Gasteiger partial charge is 0.296 e. The van der Waals surface area contributed by atoms with Crippen LogP contribution in [0.15, 0.2) is 18.2 Å². The zero-order valence-electron chi connectivity index (χ0n) is 10.6. The quantitative estimate of drug-likeness (QED) is 0.765. The predicted octanol–water partition coefficient (Wildman–Crippen LogP) is 3.91. The Balaban J connectivity index is 2.00. The Morgan fingerprint density at radius 2 is 2.06 bits per heavy atom. The number of hydrogen-bond donors (Lipinski definition) is 0. The Morgan fingerprint density at radius 1 is 1.39 bits per heavy atom. The van der Waals surface area contributed by atoms with Crippen LogP contribution in [0.2, 0.25) is 10.0 Å². The summed E-state index contributed by atoms with van der Waals surface area (Å²) >= 11 is 11.8. The van der Waals surface area contributed by atoms with Crippen molar-refractivity contribution in [3.05, 3.63) is 33.8 Å². The summed E-state index contributed by atoms with van der Waals surface area (Å²) in [6, 6.07) is 5.51. The van der Waals surface area contributed by atoms with Crippen molar-refractivity contribution in [2.75, 3.05) is 13.6 Å². The zero-order chi connectivity index (χ0) is 13.3. The Bertz CT molecular complexity index is 457. The van der Waals surface area contributed by atoms with Gasteiger partial charge in [-0.3, -0.25) is 9.69 Å². The standard InChI is InChI=1S/C14H17Cl2NO/c1-9(10-3-4-10)17(2)8-14(18)11-5-6-12(15)13(16)7-11/h5-7,9-10H,3-4,8H2,1-2H3. The van der Waals surface area contributed by atoms with E-state index in [0.717, 1.165) is 5.92 Å². The Morgan fingerprint density at radius 3 is 2.61 bits per heavy atom. The van der Waals surface area contributed by atoms with Crippen LogP contribution in [-0.4, -0.2) is 30.3 Å². The number of ketones is 1. The van der Waals surface area contributed by atoms with E-state index >= 15 is 0 Å². The Labute approximate surface area is 118 Å². The lowest BCUT2D eigenvalue weighted by Gasteiger charge is -2.23. The van der Waals surface area contributed by atoms with Gasteiger partial charge in [0.15, 0.2) is 5.78 Å². The molecule has 0 radical (unpaired) electrons. The van der Waals surface area contributed by atoms with Gasteiger partial charge < -0.3 is 0 Å². The molecule has 1 aliphatic carbocycles. The molecule has 1 fully saturated rings. The molecule has 18 heavy (non-hydrogen) atoms. The first kappa shape index (κ1) is 13.9. The topological polar surface area (TPSA) is 20.3 Å². The molecular formula is C14H17Cl2NO. The second-order valence-corrected chi connectivity index (χ2v) is 5.86. The third-order valence-electron chi connectivity index (χ3n) is 3.63. The third kappa shape index (κ3) is 3.25. The first-order valence-corrected chi connectivity index (χ1v) is 6.93. The molecule has 1 saturated carbocycles. The molecule has 1 aromatic rings. The maximum absolute atomic E-state index is 12.1. The summed E-state index contributed by atoms with van der Waals surface area (Å²) in [6.07, 6.45) is 2.57. The fourth-order valence-corrected chi connectivity index (χ4v) is 2.37. The highest BCUT2D eigenvalue weighted by Crippen LogP contribution is 2.34. The maximum Gasteiger partial charge on any atom is 0.176 e. The van der Waals surface area contributed by atoms with Crippen LogP contribution in [0.4, 0.5) is 0 Å². The van der Waals surface area contributed by atoms with Gasteiger partial charge in [-0.25, -0.2) is 0 Å². The number of benzene rings is 1. The van der Waals surface area contributed by atoms with Gasteiger partial charge in [0.25, 0.3) is 0 Å². The SMILES string of the molecule is CC(C1CC1)N(C)CC(=O)c1ccc(Cl)c(Cl)c1. The molecule has 0 aliphatic heterocycles. The van der Waals surface area contributed by atoms with Gasteiger partial charge in [0.2, 0.25) is 0 Å². The molecule has 0 amide bonds. The molecular weight excluding hydrogens is 269 g/mol. The van der Waals surface area contributed by atoms with E-state index in [0.29, 0.717) is 28.2 Å². The average molecular weight is 286 g/mol. The summed E-state index contributed by atoms with van der Waals surface area (Å²) in [6.45, 7) is 2.61. The molecule has 1 aromatic carbocycles. The molecule has 2 nitrogen and oxygen atoms in total. The van der Waals surface area contributed by atoms with E-state index in [1.165, 1.54) is 12.8 Å². The van der Waals surface area contributed by atoms with Crippen molar-refractivity contribution in [3.8, 4) is 0 Å². The number of likely N-dealkylation sites (N-methyl/N-ethyl adjacent to an activating group) is 1. The first-order valence-electron chi connectivity index (χ1n) is 6.17. The van der Waals surface area contributed by atoms with E-state index in [2.05, 4.69) is 11.8 Å². The molecule has 0 saturated heterocycles. The monoisotopic (exact) mass is 285 g/mol. The molecule has 2 rings (SSSR count). The minimum absolute atomic E-state index is 0.0866. The van der Waals surface area contributed by atoms with Crippen molar-refractivity contribution in [2.45, 2.75) is 25.8 Å². The van der Waals surface area contributed by atoms with E-state index in [1.54, 1.807) is 18.2 Å². The van der Waals surface area contributed by atoms with Crippen molar-refractivity contribution in [1.82, 2.24) is 4.90 Å². The predicted molar refractivity (Wildman–Crippen MR) is 75.6 cm³/mol. The molecule has 1 aliphatic rings. The van der Waals surface area contributed by atoms with Crippen LogP contribution in [0.1, 0.15) is 30.1 Å². The maximum atomic E-state index is 12.1. The summed E-state index contributed by atoms with van der Waals surface area (Å²) < 4.78 is 0. The van der Waals surface area contributed by atoms with Crippen LogP contribution in [0.3, 0.4) is 0 Å². The number of halogens is 2. The van der Waals surface area contributed by atoms with Gasteiger partial charge >= 0.3 is 0 Å². The average Bonchev–Trinajstić information content (AvgIpc) is 3.15. The minimum Gasteiger partial charge on any atom is -0.296 e. The zero-order valence-corrected chi connectivity index (χ0v) is 12.1. The Kier molecular flexibility index (Phi) is 4.31. The van der Waals surface area contributed by atoms with Crippen LogP contribution in [0.5, 0.6) is 0 Å². The first-order chi connectivity index (χ1) is 8.49. The molecule has 4 heteroatoms. The van der Waals surface area contributed by atoms with Gasteiger partial charge in [-0.1, -0.05) is 23.2 Å². The number of carbonyl (C=O) groups excluding carboxylic acids is 1. The summed E-state index contributed by atoms with van der Waals surface area (Å²) in [4.78, 5) is 14.2. The minimum atomic E-state index is 0.0866. The summed E-state index contributed by atoms with van der Waals surface area (Å²) in [5.41, 5.74) is 0.624. The van der Waals surface area contributed by atoms with E-state index in [4.69, 9.17) is 23.2 Å². The van der Waals surface area contributed by atoms with Crippen LogP contribution in [0.25, 0.3) is 0 Å². The van der Waals surface area contributed by atoms with Gasteiger partial charge in [-0.2, -0.15) is 0 Å². The lowest BCUT2D eigenvalue weighted by Crippen LogP contribution is -2.35. The van der Waals surface area contributed by atoms with Gasteiger partial charge in [0, 0.05) is 11.6 Å². The number of Topliss-reactive ketones (excluding diaryl/α,β-unsaturated/α-hetero) is 1. The lowest BCUT2D eigenvalue weighted by atomic mass is 10.1. The number of carbonyl (C=O) groups is 1. The van der Waals surface area contributed by atoms with Gasteiger partial charge in [-0.15, -0.1) is 0 Å². The van der Waals surface area contributed by atoms with Crippen molar-refractivity contribution < 1.29 is 4.79 Å². The van der Waals surface area contributed by atoms with Crippen molar-refractivity contribution >= 4 is 29.0 Å². The smallest absolute Gasteiger partial charge is 0.176 e. The van der Waals surface area contributed by atoms with Crippen LogP contribution in [-0.2, 0) is 0 Å². The highest BCUT2D eigenvalue weighted by molar-refractivity contribution is 6.42. The highest BCUT2D eigenvalue weighted by Gasteiger charge is 2.31. The van der Waals surface area contributed by atoms with Crippen LogP contribution < -0.4 is 0 Å². The van der Waals surface area contributed by atoms with E-state index in [-0.39, 0.29) is 5.78 Å². The van der Waals surface area contributed by atoms with Crippen molar-refractivity contribution in [2.24, 2.45) is 5.92 Å². The number of nitrogens with zero attached hydrogens (tertiary/aromatic N) is 1.